The minimum Gasteiger partial charge on any atom is -0.386 e. The highest BCUT2D eigenvalue weighted by molar-refractivity contribution is 5.84. The molecule has 1 amide bonds. The number of aliphatic hydroxyl groups is 1. The lowest BCUT2D eigenvalue weighted by molar-refractivity contribution is -0.136. The summed E-state index contributed by atoms with van der Waals surface area (Å²) in [6, 6.07) is 2.67. The van der Waals surface area contributed by atoms with Crippen LogP contribution in [-0.2, 0) is 9.53 Å². The van der Waals surface area contributed by atoms with Gasteiger partial charge in [0.2, 0.25) is 5.91 Å². The van der Waals surface area contributed by atoms with Crippen LogP contribution in [0.15, 0.2) is 18.2 Å². The highest BCUT2D eigenvalue weighted by atomic mass is 19.1. The lowest BCUT2D eigenvalue weighted by Gasteiger charge is -2.51. The van der Waals surface area contributed by atoms with E-state index < -0.39 is 17.7 Å². The second-order valence-corrected chi connectivity index (χ2v) is 6.22. The van der Waals surface area contributed by atoms with E-state index in [2.05, 4.69) is 10.6 Å². The van der Waals surface area contributed by atoms with Gasteiger partial charge in [0, 0.05) is 43.3 Å². The van der Waals surface area contributed by atoms with Gasteiger partial charge in [-0.25, -0.2) is 8.78 Å². The summed E-state index contributed by atoms with van der Waals surface area (Å²) in [6.45, 7) is 1.96. The van der Waals surface area contributed by atoms with Gasteiger partial charge in [-0.15, -0.1) is 0 Å². The Kier molecular flexibility index (Phi) is 4.61. The maximum Gasteiger partial charge on any atom is 0.237 e. The highest BCUT2D eigenvalue weighted by Crippen LogP contribution is 2.39. The van der Waals surface area contributed by atoms with Crippen molar-refractivity contribution in [3.63, 3.8) is 0 Å². The topological polar surface area (TPSA) is 70.6 Å². The molecule has 2 aliphatic rings. The number of aliphatic hydroxyl groups excluding tert-OH is 1. The highest BCUT2D eigenvalue weighted by Gasteiger charge is 2.50. The third kappa shape index (κ3) is 3.22. The zero-order chi connectivity index (χ0) is 16.4. The first-order valence-electron chi connectivity index (χ1n) is 7.74. The van der Waals surface area contributed by atoms with Crippen LogP contribution in [0.3, 0.4) is 0 Å². The van der Waals surface area contributed by atoms with Crippen LogP contribution in [0.5, 0.6) is 0 Å². The fraction of sp³-hybridized carbons (Fsp3) is 0.562. The summed E-state index contributed by atoms with van der Waals surface area (Å²) in [5.74, 6) is -1.74. The Labute approximate surface area is 133 Å². The Bertz CT molecular complexity index is 591. The van der Waals surface area contributed by atoms with E-state index in [1.54, 1.807) is 0 Å². The number of carbonyl (C=O) groups is 1. The molecule has 3 N–H and O–H groups in total. The molecule has 23 heavy (non-hydrogen) atoms. The van der Waals surface area contributed by atoms with E-state index in [4.69, 9.17) is 4.74 Å². The fourth-order valence-electron chi connectivity index (χ4n) is 3.29. The molecule has 7 heteroatoms. The quantitative estimate of drug-likeness (QED) is 0.768. The zero-order valence-electron chi connectivity index (χ0n) is 12.6. The lowest BCUT2D eigenvalue weighted by atomic mass is 9.67. The van der Waals surface area contributed by atoms with E-state index in [0.717, 1.165) is 25.5 Å². The van der Waals surface area contributed by atoms with E-state index in [9.17, 15) is 18.7 Å². The standard InChI is InChI=1S/C16H20F2N2O3/c17-10-1-2-11(12(18)7-10)13(21)8-19-15(22)14-16(9-20-14)3-5-23-6-4-16/h1-2,7,13-14,20-21H,3-6,8-9H2,(H,19,22). The van der Waals surface area contributed by atoms with Gasteiger partial charge >= 0.3 is 0 Å². The van der Waals surface area contributed by atoms with E-state index in [1.165, 1.54) is 6.07 Å². The van der Waals surface area contributed by atoms with Crippen LogP contribution in [0.1, 0.15) is 24.5 Å². The van der Waals surface area contributed by atoms with Crippen molar-refractivity contribution in [1.29, 1.82) is 0 Å². The molecule has 2 saturated heterocycles. The number of amides is 1. The van der Waals surface area contributed by atoms with Crippen molar-refractivity contribution in [1.82, 2.24) is 10.6 Å². The molecule has 0 aliphatic carbocycles. The summed E-state index contributed by atoms with van der Waals surface area (Å²) in [7, 11) is 0. The van der Waals surface area contributed by atoms with E-state index in [0.29, 0.717) is 19.3 Å². The summed E-state index contributed by atoms with van der Waals surface area (Å²) in [4.78, 5) is 12.3. The Hall–Kier alpha value is -1.57. The number of hydrogen-bond donors (Lipinski definition) is 3. The molecule has 2 heterocycles. The van der Waals surface area contributed by atoms with Gasteiger partial charge in [0.15, 0.2) is 0 Å². The van der Waals surface area contributed by atoms with Crippen molar-refractivity contribution in [3.05, 3.63) is 35.4 Å². The molecule has 2 atom stereocenters. The average Bonchev–Trinajstić information content (AvgIpc) is 2.52. The number of nitrogens with one attached hydrogen (secondary N) is 2. The maximum absolute atomic E-state index is 13.6. The number of halogens is 2. The number of ether oxygens (including phenoxy) is 1. The second kappa shape index (κ2) is 6.51. The molecule has 2 fully saturated rings. The van der Waals surface area contributed by atoms with Crippen LogP contribution in [0, 0.1) is 17.0 Å². The third-order valence-electron chi connectivity index (χ3n) is 4.81. The Morgan fingerprint density at radius 2 is 2.17 bits per heavy atom. The molecule has 5 nitrogen and oxygen atoms in total. The van der Waals surface area contributed by atoms with Crippen LogP contribution in [0.25, 0.3) is 0 Å². The third-order valence-corrected chi connectivity index (χ3v) is 4.81. The van der Waals surface area contributed by atoms with Crippen molar-refractivity contribution in [2.45, 2.75) is 25.0 Å². The number of benzene rings is 1. The van der Waals surface area contributed by atoms with Gasteiger partial charge < -0.3 is 20.5 Å². The predicted molar refractivity (Wildman–Crippen MR) is 78.6 cm³/mol. The van der Waals surface area contributed by atoms with Gasteiger partial charge in [-0.1, -0.05) is 6.07 Å². The molecule has 0 saturated carbocycles. The Balaban J connectivity index is 1.56. The summed E-state index contributed by atoms with van der Waals surface area (Å²) in [6.07, 6.45) is 0.436. The zero-order valence-corrected chi connectivity index (χ0v) is 12.6. The van der Waals surface area contributed by atoms with Crippen molar-refractivity contribution in [2.24, 2.45) is 5.41 Å². The molecule has 126 valence electrons. The van der Waals surface area contributed by atoms with Crippen molar-refractivity contribution < 1.29 is 23.4 Å². The van der Waals surface area contributed by atoms with Gasteiger partial charge in [-0.3, -0.25) is 4.79 Å². The van der Waals surface area contributed by atoms with Gasteiger partial charge in [-0.05, 0) is 18.9 Å². The first kappa shape index (κ1) is 16.3. The van der Waals surface area contributed by atoms with Gasteiger partial charge in [0.1, 0.15) is 11.6 Å². The fourth-order valence-corrected chi connectivity index (χ4v) is 3.29. The monoisotopic (exact) mass is 326 g/mol. The predicted octanol–water partition coefficient (Wildman–Crippen LogP) is 0.883. The van der Waals surface area contributed by atoms with Crippen LogP contribution >= 0.6 is 0 Å². The molecular formula is C16H20F2N2O3. The van der Waals surface area contributed by atoms with Crippen molar-refractivity contribution in [3.8, 4) is 0 Å². The smallest absolute Gasteiger partial charge is 0.237 e. The van der Waals surface area contributed by atoms with Crippen LogP contribution < -0.4 is 10.6 Å². The minimum absolute atomic E-state index is 0.0333. The summed E-state index contributed by atoms with van der Waals surface area (Å²) >= 11 is 0. The SMILES string of the molecule is O=C(NCC(O)c1ccc(F)cc1F)C1NCC12CCOCC2. The number of hydrogen-bond acceptors (Lipinski definition) is 4. The molecule has 1 aromatic rings. The van der Waals surface area contributed by atoms with E-state index in [-0.39, 0.29) is 29.5 Å². The summed E-state index contributed by atoms with van der Waals surface area (Å²) in [5, 5.41) is 15.8. The van der Waals surface area contributed by atoms with Crippen molar-refractivity contribution in [2.75, 3.05) is 26.3 Å². The minimum atomic E-state index is -1.22. The molecule has 3 rings (SSSR count). The van der Waals surface area contributed by atoms with Gasteiger partial charge in [0.25, 0.3) is 0 Å². The molecule has 1 aromatic carbocycles. The first-order chi connectivity index (χ1) is 11.0. The Morgan fingerprint density at radius 1 is 1.43 bits per heavy atom. The largest absolute Gasteiger partial charge is 0.386 e. The number of rotatable bonds is 4. The van der Waals surface area contributed by atoms with Crippen LogP contribution in [-0.4, -0.2) is 43.4 Å². The average molecular weight is 326 g/mol. The van der Waals surface area contributed by atoms with Gasteiger partial charge in [0.05, 0.1) is 12.1 Å². The van der Waals surface area contributed by atoms with Crippen LogP contribution in [0.4, 0.5) is 8.78 Å². The maximum atomic E-state index is 13.6. The van der Waals surface area contributed by atoms with Crippen LogP contribution in [0.2, 0.25) is 0 Å². The van der Waals surface area contributed by atoms with Crippen molar-refractivity contribution >= 4 is 5.91 Å². The van der Waals surface area contributed by atoms with E-state index >= 15 is 0 Å². The van der Waals surface area contributed by atoms with Gasteiger partial charge in [-0.2, -0.15) is 0 Å². The number of carbonyl (C=O) groups excluding carboxylic acids is 1. The summed E-state index contributed by atoms with van der Waals surface area (Å²) < 4.78 is 31.8. The second-order valence-electron chi connectivity index (χ2n) is 6.22. The normalized spacial score (nSPS) is 24.0. The molecular weight excluding hydrogens is 306 g/mol. The molecule has 0 aromatic heterocycles. The Morgan fingerprint density at radius 3 is 2.78 bits per heavy atom. The molecule has 2 unspecified atom stereocenters. The summed E-state index contributed by atoms with van der Waals surface area (Å²) in [5.41, 5.74) is -0.108. The molecule has 0 bridgehead atoms. The molecule has 1 spiro atoms. The molecule has 2 aliphatic heterocycles. The first-order valence-corrected chi connectivity index (χ1v) is 7.74. The van der Waals surface area contributed by atoms with E-state index in [1.807, 2.05) is 0 Å². The molecule has 0 radical (unpaired) electrons. The lowest BCUT2D eigenvalue weighted by Crippen LogP contribution is -2.69.